The lowest BCUT2D eigenvalue weighted by atomic mass is 10.1. The van der Waals surface area contributed by atoms with Gasteiger partial charge in [0.15, 0.2) is 5.69 Å². The van der Waals surface area contributed by atoms with Gasteiger partial charge in [-0.25, -0.2) is 10.1 Å². The summed E-state index contributed by atoms with van der Waals surface area (Å²) in [6, 6.07) is 12.7. The van der Waals surface area contributed by atoms with Gasteiger partial charge < -0.3 is 15.2 Å². The molecular formula is C21H20N8O4. The second kappa shape index (κ2) is 9.18. The summed E-state index contributed by atoms with van der Waals surface area (Å²) in [6.45, 7) is 1.95. The summed E-state index contributed by atoms with van der Waals surface area (Å²) in [5.74, 6) is 0.705. The van der Waals surface area contributed by atoms with Gasteiger partial charge in [-0.2, -0.15) is 9.78 Å². The number of nitrogen functional groups attached to an aromatic ring is 1. The highest BCUT2D eigenvalue weighted by atomic mass is 16.6. The first-order chi connectivity index (χ1) is 16.0. The van der Waals surface area contributed by atoms with Gasteiger partial charge in [-0.05, 0) is 35.4 Å². The Kier molecular flexibility index (Phi) is 5.98. The minimum atomic E-state index is -0.593. The summed E-state index contributed by atoms with van der Waals surface area (Å²) >= 11 is 0. The van der Waals surface area contributed by atoms with Crippen LogP contribution in [0.25, 0.3) is 17.1 Å². The molecule has 0 atom stereocenters. The van der Waals surface area contributed by atoms with Gasteiger partial charge in [0.2, 0.25) is 11.6 Å². The predicted molar refractivity (Wildman–Crippen MR) is 118 cm³/mol. The number of nitrogens with zero attached hydrogens (tertiary/aromatic N) is 6. The number of benzene rings is 2. The molecule has 2 heterocycles. The quantitative estimate of drug-likeness (QED) is 0.319. The second-order valence-corrected chi connectivity index (χ2v) is 6.84. The number of anilines is 1. The van der Waals surface area contributed by atoms with Crippen LogP contribution in [0.1, 0.15) is 21.6 Å². The van der Waals surface area contributed by atoms with Gasteiger partial charge in [0.25, 0.3) is 5.91 Å². The summed E-state index contributed by atoms with van der Waals surface area (Å²) in [7, 11) is 3.09. The number of amides is 1. The maximum Gasteiger partial charge on any atom is 0.294 e. The third kappa shape index (κ3) is 4.35. The molecule has 0 aliphatic carbocycles. The molecule has 0 aliphatic rings. The van der Waals surface area contributed by atoms with E-state index in [9.17, 15) is 4.79 Å². The number of methoxy groups -OCH3 is 2. The van der Waals surface area contributed by atoms with Crippen molar-refractivity contribution in [3.63, 3.8) is 0 Å². The second-order valence-electron chi connectivity index (χ2n) is 6.84. The number of nitrogens with two attached hydrogens (primary N) is 1. The molecule has 12 nitrogen and oxygen atoms in total. The molecule has 0 radical (unpaired) electrons. The molecule has 0 bridgehead atoms. The maximum atomic E-state index is 13.0. The van der Waals surface area contributed by atoms with Crippen molar-refractivity contribution in [3.05, 3.63) is 59.3 Å². The Morgan fingerprint density at radius 3 is 2.61 bits per heavy atom. The first kappa shape index (κ1) is 21.5. The van der Waals surface area contributed by atoms with Crippen LogP contribution in [-0.2, 0) is 0 Å². The molecule has 12 heteroatoms. The van der Waals surface area contributed by atoms with E-state index in [-0.39, 0.29) is 17.3 Å². The molecule has 4 aromatic rings. The molecule has 3 N–H and O–H groups in total. The van der Waals surface area contributed by atoms with Gasteiger partial charge >= 0.3 is 0 Å². The molecule has 0 saturated heterocycles. The molecule has 2 aromatic carbocycles. The van der Waals surface area contributed by atoms with Crippen LogP contribution in [0.15, 0.2) is 52.2 Å². The normalized spacial score (nSPS) is 11.0. The summed E-state index contributed by atoms with van der Waals surface area (Å²) in [5, 5.41) is 19.4. The highest BCUT2D eigenvalue weighted by molar-refractivity contribution is 5.99. The fraction of sp³-hybridized carbons (Fsp3) is 0.143. The molecule has 33 heavy (non-hydrogen) atoms. The molecule has 1 amide bonds. The van der Waals surface area contributed by atoms with Crippen molar-refractivity contribution in [1.82, 2.24) is 30.7 Å². The smallest absolute Gasteiger partial charge is 0.294 e. The van der Waals surface area contributed by atoms with Gasteiger partial charge in [-0.1, -0.05) is 35.0 Å². The average Bonchev–Trinajstić information content (AvgIpc) is 3.45. The Morgan fingerprint density at radius 1 is 1.15 bits per heavy atom. The van der Waals surface area contributed by atoms with E-state index in [1.165, 1.54) is 18.0 Å². The molecular weight excluding hydrogens is 428 g/mol. The first-order valence-electron chi connectivity index (χ1n) is 9.68. The Labute approximate surface area is 188 Å². The summed E-state index contributed by atoms with van der Waals surface area (Å²) in [6.07, 6.45) is 1.44. The van der Waals surface area contributed by atoms with Crippen LogP contribution in [-0.4, -0.2) is 51.6 Å². The van der Waals surface area contributed by atoms with Crippen molar-refractivity contribution in [2.24, 2.45) is 5.10 Å². The third-order valence-electron chi connectivity index (χ3n) is 4.71. The van der Waals surface area contributed by atoms with E-state index in [2.05, 4.69) is 35.8 Å². The number of aromatic nitrogens is 5. The van der Waals surface area contributed by atoms with Crippen LogP contribution in [0.3, 0.4) is 0 Å². The standard InChI is InChI=1S/C21H20N8O4/c1-12-4-6-13(7-5-12)18-17(24-28-29(18)20-19(22)26-33-27-20)21(30)25-23-11-14-10-15(31-2)8-9-16(14)32-3/h4-11H,1-3H3,(H2,22,26)(H,25,30)/b23-11+. The molecule has 168 valence electrons. The van der Waals surface area contributed by atoms with E-state index in [1.54, 1.807) is 25.3 Å². The van der Waals surface area contributed by atoms with Gasteiger partial charge in [0.1, 0.15) is 17.2 Å². The highest BCUT2D eigenvalue weighted by Crippen LogP contribution is 2.27. The first-order valence-corrected chi connectivity index (χ1v) is 9.68. The lowest BCUT2D eigenvalue weighted by Crippen LogP contribution is -2.19. The van der Waals surface area contributed by atoms with Gasteiger partial charge in [0.05, 0.1) is 20.4 Å². The molecule has 2 aromatic heterocycles. The average molecular weight is 448 g/mol. The lowest BCUT2D eigenvalue weighted by molar-refractivity contribution is 0.0950. The number of nitrogens with one attached hydrogen (secondary N) is 1. The van der Waals surface area contributed by atoms with Crippen LogP contribution in [0.5, 0.6) is 11.5 Å². The van der Waals surface area contributed by atoms with Crippen LogP contribution in [0, 0.1) is 6.92 Å². The zero-order valence-electron chi connectivity index (χ0n) is 18.0. The molecule has 0 unspecified atom stereocenters. The molecule has 0 spiro atoms. The minimum Gasteiger partial charge on any atom is -0.497 e. The van der Waals surface area contributed by atoms with Crippen molar-refractivity contribution in [3.8, 4) is 28.6 Å². The number of ether oxygens (including phenoxy) is 2. The van der Waals surface area contributed by atoms with Crippen LogP contribution >= 0.6 is 0 Å². The van der Waals surface area contributed by atoms with E-state index in [4.69, 9.17) is 15.2 Å². The number of carbonyl (C=O) groups is 1. The number of rotatable bonds is 7. The van der Waals surface area contributed by atoms with Gasteiger partial charge in [-0.15, -0.1) is 5.10 Å². The number of hydrazone groups is 1. The monoisotopic (exact) mass is 448 g/mol. The van der Waals surface area contributed by atoms with Crippen molar-refractivity contribution in [2.45, 2.75) is 6.92 Å². The topological polar surface area (TPSA) is 156 Å². The van der Waals surface area contributed by atoms with Crippen molar-refractivity contribution in [2.75, 3.05) is 20.0 Å². The lowest BCUT2D eigenvalue weighted by Gasteiger charge is -2.07. The number of hydrogen-bond acceptors (Lipinski definition) is 10. The fourth-order valence-corrected chi connectivity index (χ4v) is 3.05. The number of carbonyl (C=O) groups excluding carboxylic acids is 1. The minimum absolute atomic E-state index is 0.00311. The number of aryl methyl sites for hydroxylation is 1. The van der Waals surface area contributed by atoms with Gasteiger partial charge in [0, 0.05) is 11.1 Å². The maximum absolute atomic E-state index is 13.0. The highest BCUT2D eigenvalue weighted by Gasteiger charge is 2.25. The fourth-order valence-electron chi connectivity index (χ4n) is 3.05. The Hall–Kier alpha value is -4.74. The number of hydrogen-bond donors (Lipinski definition) is 2. The summed E-state index contributed by atoms with van der Waals surface area (Å²) < 4.78 is 16.5. The van der Waals surface area contributed by atoms with E-state index in [0.717, 1.165) is 5.56 Å². The predicted octanol–water partition coefficient (Wildman–Crippen LogP) is 1.99. The van der Waals surface area contributed by atoms with E-state index < -0.39 is 5.91 Å². The Bertz CT molecular complexity index is 1310. The Balaban J connectivity index is 1.67. The third-order valence-corrected chi connectivity index (χ3v) is 4.71. The van der Waals surface area contributed by atoms with E-state index >= 15 is 0 Å². The summed E-state index contributed by atoms with van der Waals surface area (Å²) in [5.41, 5.74) is 11.0. The van der Waals surface area contributed by atoms with Crippen molar-refractivity contribution >= 4 is 17.9 Å². The van der Waals surface area contributed by atoms with Crippen LogP contribution < -0.4 is 20.6 Å². The molecule has 4 rings (SSSR count). The zero-order valence-corrected chi connectivity index (χ0v) is 18.0. The summed E-state index contributed by atoms with van der Waals surface area (Å²) in [4.78, 5) is 13.0. The zero-order chi connectivity index (χ0) is 23.4. The van der Waals surface area contributed by atoms with Gasteiger partial charge in [-0.3, -0.25) is 4.79 Å². The van der Waals surface area contributed by atoms with E-state index in [0.29, 0.717) is 28.3 Å². The van der Waals surface area contributed by atoms with Crippen molar-refractivity contribution in [1.29, 1.82) is 0 Å². The van der Waals surface area contributed by atoms with Crippen LogP contribution in [0.2, 0.25) is 0 Å². The van der Waals surface area contributed by atoms with E-state index in [1.807, 2.05) is 31.2 Å². The molecule has 0 aliphatic heterocycles. The van der Waals surface area contributed by atoms with Crippen molar-refractivity contribution < 1.29 is 18.9 Å². The molecule has 0 fully saturated rings. The van der Waals surface area contributed by atoms with Crippen LogP contribution in [0.4, 0.5) is 5.82 Å². The largest absolute Gasteiger partial charge is 0.497 e. The SMILES string of the molecule is COc1ccc(OC)c(/C=N/NC(=O)c2nnn(-c3nonc3N)c2-c2ccc(C)cc2)c1. The molecule has 0 saturated carbocycles. The Morgan fingerprint density at radius 2 is 1.94 bits per heavy atom.